The fraction of sp³-hybridized carbons (Fsp3) is 0.385. The highest BCUT2D eigenvalue weighted by Crippen LogP contribution is 2.34. The molecule has 0 radical (unpaired) electrons. The Labute approximate surface area is 104 Å². The quantitative estimate of drug-likeness (QED) is 0.699. The van der Waals surface area contributed by atoms with Gasteiger partial charge in [-0.1, -0.05) is 24.3 Å². The summed E-state index contributed by atoms with van der Waals surface area (Å²) in [6.07, 6.45) is -0.669. The van der Waals surface area contributed by atoms with Gasteiger partial charge in [-0.15, -0.1) is 0 Å². The average molecular weight is 249 g/mol. The van der Waals surface area contributed by atoms with Crippen molar-refractivity contribution in [2.75, 3.05) is 6.54 Å². The SMILES string of the molecule is O=C(NCC[C@H](O)C(=O)O)C1Cc2ccccc21. The van der Waals surface area contributed by atoms with Crippen molar-refractivity contribution in [3.05, 3.63) is 35.4 Å². The first kappa shape index (κ1) is 12.6. The van der Waals surface area contributed by atoms with Crippen LogP contribution in [0, 0.1) is 0 Å². The van der Waals surface area contributed by atoms with Gasteiger partial charge in [-0.3, -0.25) is 4.79 Å². The molecule has 2 rings (SSSR count). The Hall–Kier alpha value is -1.88. The maximum Gasteiger partial charge on any atom is 0.332 e. The third kappa shape index (κ3) is 2.51. The number of hydrogen-bond acceptors (Lipinski definition) is 3. The molecule has 1 aromatic rings. The number of amides is 1. The van der Waals surface area contributed by atoms with Crippen LogP contribution >= 0.6 is 0 Å². The number of carboxylic acid groups (broad SMARTS) is 1. The van der Waals surface area contributed by atoms with E-state index < -0.39 is 12.1 Å². The normalized spacial score (nSPS) is 18.4. The van der Waals surface area contributed by atoms with Crippen LogP contribution in [0.5, 0.6) is 0 Å². The van der Waals surface area contributed by atoms with Gasteiger partial charge in [-0.2, -0.15) is 0 Å². The highest BCUT2D eigenvalue weighted by molar-refractivity contribution is 5.86. The number of aliphatic carboxylic acids is 1. The summed E-state index contributed by atoms with van der Waals surface area (Å²) >= 11 is 0. The number of benzene rings is 1. The predicted molar refractivity (Wildman–Crippen MR) is 64.2 cm³/mol. The van der Waals surface area contributed by atoms with E-state index in [4.69, 9.17) is 10.2 Å². The van der Waals surface area contributed by atoms with E-state index in [1.807, 2.05) is 24.3 Å². The zero-order valence-corrected chi connectivity index (χ0v) is 9.80. The molecule has 0 bridgehead atoms. The van der Waals surface area contributed by atoms with Crippen molar-refractivity contribution in [3.8, 4) is 0 Å². The molecule has 1 unspecified atom stereocenters. The van der Waals surface area contributed by atoms with Crippen LogP contribution in [0.2, 0.25) is 0 Å². The largest absolute Gasteiger partial charge is 0.479 e. The first-order valence-corrected chi connectivity index (χ1v) is 5.86. The summed E-state index contributed by atoms with van der Waals surface area (Å²) in [5.74, 6) is -1.51. The lowest BCUT2D eigenvalue weighted by molar-refractivity contribution is -0.147. The van der Waals surface area contributed by atoms with Crippen LogP contribution in [0.15, 0.2) is 24.3 Å². The van der Waals surface area contributed by atoms with Gasteiger partial charge in [0, 0.05) is 13.0 Å². The van der Waals surface area contributed by atoms with Gasteiger partial charge in [0.1, 0.15) is 0 Å². The van der Waals surface area contributed by atoms with Gasteiger partial charge >= 0.3 is 5.97 Å². The lowest BCUT2D eigenvalue weighted by Crippen LogP contribution is -2.37. The van der Waals surface area contributed by atoms with Crippen molar-refractivity contribution in [1.82, 2.24) is 5.32 Å². The molecule has 5 nitrogen and oxygen atoms in total. The molecule has 0 heterocycles. The summed E-state index contributed by atoms with van der Waals surface area (Å²) in [5.41, 5.74) is 2.22. The van der Waals surface area contributed by atoms with Gasteiger partial charge in [0.05, 0.1) is 5.92 Å². The highest BCUT2D eigenvalue weighted by atomic mass is 16.4. The monoisotopic (exact) mass is 249 g/mol. The average Bonchev–Trinajstić information content (AvgIpc) is 2.30. The van der Waals surface area contributed by atoms with Crippen molar-refractivity contribution in [3.63, 3.8) is 0 Å². The number of nitrogens with one attached hydrogen (secondary N) is 1. The molecular weight excluding hydrogens is 234 g/mol. The number of hydrogen-bond donors (Lipinski definition) is 3. The van der Waals surface area contributed by atoms with E-state index in [2.05, 4.69) is 5.32 Å². The van der Waals surface area contributed by atoms with Gasteiger partial charge in [0.25, 0.3) is 0 Å². The second-order valence-electron chi connectivity index (χ2n) is 4.39. The van der Waals surface area contributed by atoms with Crippen LogP contribution in [0.1, 0.15) is 23.5 Å². The number of aliphatic hydroxyl groups excluding tert-OH is 1. The summed E-state index contributed by atoms with van der Waals surface area (Å²) in [6, 6.07) is 7.76. The van der Waals surface area contributed by atoms with E-state index in [-0.39, 0.29) is 24.8 Å². The summed E-state index contributed by atoms with van der Waals surface area (Å²) in [4.78, 5) is 22.2. The lowest BCUT2D eigenvalue weighted by atomic mass is 9.77. The van der Waals surface area contributed by atoms with Crippen molar-refractivity contribution in [1.29, 1.82) is 0 Å². The third-order valence-electron chi connectivity index (χ3n) is 3.17. The van der Waals surface area contributed by atoms with E-state index in [0.29, 0.717) is 0 Å². The Morgan fingerprint density at radius 1 is 1.39 bits per heavy atom. The number of carboxylic acids is 1. The molecule has 0 aromatic heterocycles. The maximum absolute atomic E-state index is 11.8. The van der Waals surface area contributed by atoms with Crippen LogP contribution < -0.4 is 5.32 Å². The second kappa shape index (κ2) is 5.18. The molecule has 0 fully saturated rings. The molecular formula is C13H15NO4. The number of rotatable bonds is 5. The molecule has 1 aliphatic carbocycles. The standard InChI is InChI=1S/C13H15NO4/c15-11(13(17)18)5-6-14-12(16)10-7-8-3-1-2-4-9(8)10/h1-4,10-11,15H,5-7H2,(H,14,16)(H,17,18)/t10?,11-/m0/s1. The molecule has 3 N–H and O–H groups in total. The van der Waals surface area contributed by atoms with E-state index in [1.54, 1.807) is 0 Å². The highest BCUT2D eigenvalue weighted by Gasteiger charge is 2.31. The second-order valence-corrected chi connectivity index (χ2v) is 4.39. The van der Waals surface area contributed by atoms with Gasteiger partial charge in [-0.05, 0) is 17.5 Å². The Morgan fingerprint density at radius 3 is 2.78 bits per heavy atom. The van der Waals surface area contributed by atoms with Gasteiger partial charge in [0.15, 0.2) is 6.10 Å². The fourth-order valence-electron chi connectivity index (χ4n) is 2.07. The Bertz CT molecular complexity index is 472. The van der Waals surface area contributed by atoms with Crippen molar-refractivity contribution >= 4 is 11.9 Å². The predicted octanol–water partition coefficient (Wildman–Crippen LogP) is 0.278. The molecule has 5 heteroatoms. The summed E-state index contributed by atoms with van der Waals surface area (Å²) < 4.78 is 0. The zero-order valence-electron chi connectivity index (χ0n) is 9.80. The minimum atomic E-state index is -1.42. The molecule has 18 heavy (non-hydrogen) atoms. The minimum Gasteiger partial charge on any atom is -0.479 e. The summed E-state index contributed by atoms with van der Waals surface area (Å²) in [6.45, 7) is 0.172. The topological polar surface area (TPSA) is 86.6 Å². The molecule has 0 aliphatic heterocycles. The molecule has 0 spiro atoms. The Morgan fingerprint density at radius 2 is 2.11 bits per heavy atom. The van der Waals surface area contributed by atoms with E-state index >= 15 is 0 Å². The minimum absolute atomic E-state index is 0.0233. The molecule has 1 amide bonds. The van der Waals surface area contributed by atoms with E-state index in [9.17, 15) is 9.59 Å². The molecule has 0 saturated heterocycles. The van der Waals surface area contributed by atoms with E-state index in [0.717, 1.165) is 12.0 Å². The zero-order chi connectivity index (χ0) is 13.1. The van der Waals surface area contributed by atoms with Crippen molar-refractivity contribution in [2.45, 2.75) is 24.9 Å². The number of aliphatic hydroxyl groups is 1. The van der Waals surface area contributed by atoms with Crippen LogP contribution in [0.4, 0.5) is 0 Å². The smallest absolute Gasteiger partial charge is 0.332 e. The third-order valence-corrected chi connectivity index (χ3v) is 3.17. The summed E-state index contributed by atoms with van der Waals surface area (Å²) in [7, 11) is 0. The summed E-state index contributed by atoms with van der Waals surface area (Å²) in [5, 5.41) is 20.2. The van der Waals surface area contributed by atoms with Crippen LogP contribution in [0.3, 0.4) is 0 Å². The van der Waals surface area contributed by atoms with E-state index in [1.165, 1.54) is 5.56 Å². The molecule has 1 aromatic carbocycles. The van der Waals surface area contributed by atoms with Crippen LogP contribution in [-0.2, 0) is 16.0 Å². The van der Waals surface area contributed by atoms with Crippen LogP contribution in [-0.4, -0.2) is 34.7 Å². The van der Waals surface area contributed by atoms with Crippen molar-refractivity contribution < 1.29 is 19.8 Å². The van der Waals surface area contributed by atoms with Crippen molar-refractivity contribution in [2.24, 2.45) is 0 Å². The number of carbonyl (C=O) groups is 2. The Balaban J connectivity index is 1.79. The fourth-order valence-corrected chi connectivity index (χ4v) is 2.07. The number of carbonyl (C=O) groups excluding carboxylic acids is 1. The first-order chi connectivity index (χ1) is 8.59. The van der Waals surface area contributed by atoms with Crippen LogP contribution in [0.25, 0.3) is 0 Å². The molecule has 1 aliphatic rings. The Kier molecular flexibility index (Phi) is 3.62. The molecule has 96 valence electrons. The first-order valence-electron chi connectivity index (χ1n) is 5.86. The number of fused-ring (bicyclic) bond motifs is 1. The van der Waals surface area contributed by atoms with Gasteiger partial charge in [-0.25, -0.2) is 4.79 Å². The van der Waals surface area contributed by atoms with Gasteiger partial charge in [0.2, 0.25) is 5.91 Å². The van der Waals surface area contributed by atoms with Gasteiger partial charge < -0.3 is 15.5 Å². The molecule has 2 atom stereocenters. The molecule has 0 saturated carbocycles. The lowest BCUT2D eigenvalue weighted by Gasteiger charge is -2.28. The maximum atomic E-state index is 11.8.